The van der Waals surface area contributed by atoms with Gasteiger partial charge in [0.2, 0.25) is 0 Å². The minimum absolute atomic E-state index is 0.846. The summed E-state index contributed by atoms with van der Waals surface area (Å²) in [5, 5.41) is 1.29. The van der Waals surface area contributed by atoms with Crippen LogP contribution in [0.5, 0.6) is 0 Å². The molecule has 3 heterocycles. The summed E-state index contributed by atoms with van der Waals surface area (Å²) in [5.74, 6) is 2.01. The molecule has 0 aliphatic carbocycles. The zero-order valence-corrected chi connectivity index (χ0v) is 14.9. The van der Waals surface area contributed by atoms with Gasteiger partial charge in [-0.15, -0.1) is 0 Å². The van der Waals surface area contributed by atoms with Crippen molar-refractivity contribution in [3.05, 3.63) is 30.3 Å². The number of benzene rings is 1. The number of pyridine rings is 1. The van der Waals surface area contributed by atoms with E-state index in [0.717, 1.165) is 56.5 Å². The van der Waals surface area contributed by atoms with Crippen LogP contribution in [0.15, 0.2) is 30.3 Å². The minimum atomic E-state index is 0.846. The molecule has 2 saturated heterocycles. The second-order valence-corrected chi connectivity index (χ2v) is 7.48. The normalized spacial score (nSPS) is 20.8. The molecule has 0 atom stereocenters. The van der Waals surface area contributed by atoms with Crippen molar-refractivity contribution in [1.82, 2.24) is 9.88 Å². The first-order valence-corrected chi connectivity index (χ1v) is 9.29. The number of piperidine rings is 1. The second kappa shape index (κ2) is 6.60. The minimum Gasteiger partial charge on any atom is -0.368 e. The number of hydrogen-bond acceptors (Lipinski definition) is 4. The maximum absolute atomic E-state index is 4.98. The molecule has 0 spiro atoms. The highest BCUT2D eigenvalue weighted by Crippen LogP contribution is 2.32. The lowest BCUT2D eigenvalue weighted by molar-refractivity contribution is 0.313. The van der Waals surface area contributed by atoms with Gasteiger partial charge in [-0.3, -0.25) is 0 Å². The van der Waals surface area contributed by atoms with E-state index in [1.807, 2.05) is 0 Å². The van der Waals surface area contributed by atoms with Crippen molar-refractivity contribution in [2.24, 2.45) is 5.92 Å². The third-order valence-electron chi connectivity index (χ3n) is 5.63. The number of rotatable bonds is 2. The maximum atomic E-state index is 4.98. The van der Waals surface area contributed by atoms with Gasteiger partial charge >= 0.3 is 0 Å². The summed E-state index contributed by atoms with van der Waals surface area (Å²) < 4.78 is 0. The van der Waals surface area contributed by atoms with E-state index in [1.165, 1.54) is 23.9 Å². The molecule has 2 aliphatic heterocycles. The van der Waals surface area contributed by atoms with E-state index in [9.17, 15) is 0 Å². The smallest absolute Gasteiger partial charge is 0.131 e. The monoisotopic (exact) mass is 324 g/mol. The van der Waals surface area contributed by atoms with Crippen LogP contribution in [0.4, 0.5) is 11.5 Å². The summed E-state index contributed by atoms with van der Waals surface area (Å²) in [5.41, 5.74) is 2.49. The molecule has 0 bridgehead atoms. The Labute approximate surface area is 145 Å². The molecule has 0 N–H and O–H groups in total. The molecule has 2 aliphatic rings. The Balaban J connectivity index is 1.71. The predicted octanol–water partition coefficient (Wildman–Crippen LogP) is 3.22. The van der Waals surface area contributed by atoms with Crippen LogP contribution in [0.25, 0.3) is 10.9 Å². The van der Waals surface area contributed by atoms with Crippen molar-refractivity contribution in [2.45, 2.75) is 19.8 Å². The molecule has 4 heteroatoms. The molecule has 0 radical (unpaired) electrons. The van der Waals surface area contributed by atoms with Crippen molar-refractivity contribution in [2.75, 3.05) is 56.1 Å². The van der Waals surface area contributed by atoms with Crippen LogP contribution in [0, 0.1) is 5.92 Å². The van der Waals surface area contributed by atoms with E-state index < -0.39 is 0 Å². The quantitative estimate of drug-likeness (QED) is 0.846. The van der Waals surface area contributed by atoms with Gasteiger partial charge in [-0.1, -0.05) is 25.1 Å². The number of fused-ring (bicyclic) bond motifs is 1. The molecule has 0 saturated carbocycles. The number of likely N-dealkylation sites (N-methyl/N-ethyl adjacent to an activating group) is 1. The summed E-state index contributed by atoms with van der Waals surface area (Å²) in [6.45, 7) is 9.09. The van der Waals surface area contributed by atoms with Gasteiger partial charge in [-0.25, -0.2) is 4.98 Å². The zero-order chi connectivity index (χ0) is 16.5. The lowest BCUT2D eigenvalue weighted by atomic mass is 9.99. The molecule has 1 aromatic heterocycles. The molecule has 24 heavy (non-hydrogen) atoms. The Morgan fingerprint density at radius 3 is 2.38 bits per heavy atom. The van der Waals surface area contributed by atoms with Crippen molar-refractivity contribution in [3.8, 4) is 0 Å². The van der Waals surface area contributed by atoms with Crippen molar-refractivity contribution < 1.29 is 0 Å². The molecular formula is C20H28N4. The first-order valence-electron chi connectivity index (χ1n) is 9.29. The van der Waals surface area contributed by atoms with Gasteiger partial charge < -0.3 is 14.7 Å². The Morgan fingerprint density at radius 2 is 1.62 bits per heavy atom. The summed E-state index contributed by atoms with van der Waals surface area (Å²) in [4.78, 5) is 12.4. The van der Waals surface area contributed by atoms with Gasteiger partial charge in [-0.2, -0.15) is 0 Å². The average Bonchev–Trinajstić information content (AvgIpc) is 2.62. The zero-order valence-electron chi connectivity index (χ0n) is 14.9. The second-order valence-electron chi connectivity index (χ2n) is 7.48. The lowest BCUT2D eigenvalue weighted by Gasteiger charge is -2.36. The number of anilines is 2. The number of para-hydroxylation sites is 1. The Morgan fingerprint density at radius 1 is 0.917 bits per heavy atom. The van der Waals surface area contributed by atoms with Gasteiger partial charge in [0.1, 0.15) is 5.82 Å². The van der Waals surface area contributed by atoms with E-state index in [0.29, 0.717) is 0 Å². The van der Waals surface area contributed by atoms with Crippen LogP contribution in [0.2, 0.25) is 0 Å². The highest BCUT2D eigenvalue weighted by Gasteiger charge is 2.21. The standard InChI is InChI=1S/C20H28N4/c1-16-7-9-24(10-8-16)20-15-19(23-13-11-22(2)12-14-23)17-5-3-4-6-18(17)21-20/h3-6,15-16H,7-14H2,1-2H3. The van der Waals surface area contributed by atoms with Crippen LogP contribution in [0.1, 0.15) is 19.8 Å². The third-order valence-corrected chi connectivity index (χ3v) is 5.63. The van der Waals surface area contributed by atoms with E-state index in [2.05, 4.69) is 59.0 Å². The molecule has 0 amide bonds. The fourth-order valence-electron chi connectivity index (χ4n) is 3.85. The van der Waals surface area contributed by atoms with Crippen LogP contribution in [0.3, 0.4) is 0 Å². The predicted molar refractivity (Wildman–Crippen MR) is 102 cm³/mol. The van der Waals surface area contributed by atoms with Gasteiger partial charge in [0, 0.05) is 56.4 Å². The largest absolute Gasteiger partial charge is 0.368 e. The summed E-state index contributed by atoms with van der Waals surface area (Å²) in [6.07, 6.45) is 2.55. The first kappa shape index (κ1) is 15.7. The van der Waals surface area contributed by atoms with E-state index in [1.54, 1.807) is 0 Å². The average molecular weight is 324 g/mol. The van der Waals surface area contributed by atoms with Crippen molar-refractivity contribution >= 4 is 22.4 Å². The van der Waals surface area contributed by atoms with E-state index in [-0.39, 0.29) is 0 Å². The van der Waals surface area contributed by atoms with Crippen molar-refractivity contribution in [3.63, 3.8) is 0 Å². The molecule has 4 rings (SSSR count). The SMILES string of the molecule is CC1CCN(c2cc(N3CCN(C)CC3)c3ccccc3n2)CC1. The van der Waals surface area contributed by atoms with E-state index in [4.69, 9.17) is 4.98 Å². The molecule has 2 fully saturated rings. The van der Waals surface area contributed by atoms with Crippen LogP contribution in [-0.2, 0) is 0 Å². The third kappa shape index (κ3) is 3.07. The Bertz CT molecular complexity index is 698. The molecule has 0 unspecified atom stereocenters. The maximum Gasteiger partial charge on any atom is 0.131 e. The van der Waals surface area contributed by atoms with Gasteiger partial charge in [0.05, 0.1) is 5.52 Å². The molecular weight excluding hydrogens is 296 g/mol. The Hall–Kier alpha value is -1.81. The molecule has 4 nitrogen and oxygen atoms in total. The highest BCUT2D eigenvalue weighted by atomic mass is 15.3. The summed E-state index contributed by atoms with van der Waals surface area (Å²) in [7, 11) is 2.21. The first-order chi connectivity index (χ1) is 11.7. The highest BCUT2D eigenvalue weighted by molar-refractivity contribution is 5.93. The Kier molecular flexibility index (Phi) is 4.31. The number of nitrogens with zero attached hydrogens (tertiary/aromatic N) is 4. The van der Waals surface area contributed by atoms with E-state index >= 15 is 0 Å². The van der Waals surface area contributed by atoms with Gasteiger partial charge in [0.25, 0.3) is 0 Å². The summed E-state index contributed by atoms with van der Waals surface area (Å²) in [6, 6.07) is 10.9. The molecule has 1 aromatic carbocycles. The van der Waals surface area contributed by atoms with Crippen molar-refractivity contribution in [1.29, 1.82) is 0 Å². The topological polar surface area (TPSA) is 22.6 Å². The molecule has 128 valence electrons. The van der Waals surface area contributed by atoms with Gasteiger partial charge in [0.15, 0.2) is 0 Å². The van der Waals surface area contributed by atoms with Gasteiger partial charge in [-0.05, 0) is 31.9 Å². The fourth-order valence-corrected chi connectivity index (χ4v) is 3.85. The number of hydrogen-bond donors (Lipinski definition) is 0. The lowest BCUT2D eigenvalue weighted by Crippen LogP contribution is -2.44. The summed E-state index contributed by atoms with van der Waals surface area (Å²) >= 11 is 0. The fraction of sp³-hybridized carbons (Fsp3) is 0.550. The molecule has 2 aromatic rings. The van der Waals surface area contributed by atoms with Crippen LogP contribution in [-0.4, -0.2) is 56.2 Å². The number of piperazine rings is 1. The number of aromatic nitrogens is 1. The van der Waals surface area contributed by atoms with Crippen LogP contribution < -0.4 is 9.80 Å². The van der Waals surface area contributed by atoms with Crippen LogP contribution >= 0.6 is 0 Å².